The van der Waals surface area contributed by atoms with Crippen LogP contribution in [0.1, 0.15) is 21.7 Å². The molecule has 0 saturated heterocycles. The van der Waals surface area contributed by atoms with Crippen LogP contribution in [0.3, 0.4) is 0 Å². The highest BCUT2D eigenvalue weighted by atomic mass is 19.1. The lowest BCUT2D eigenvalue weighted by molar-refractivity contribution is 0.0949. The third-order valence-corrected chi connectivity index (χ3v) is 2.44. The number of tetrazole rings is 1. The molecule has 1 aromatic heterocycles. The maximum Gasteiger partial charge on any atom is 0.251 e. The average Bonchev–Trinajstić information content (AvgIpc) is 2.85. The van der Waals surface area contributed by atoms with Gasteiger partial charge in [-0.2, -0.15) is 5.21 Å². The number of nitrogens with zero attached hydrogens (tertiary/aromatic N) is 3. The second kappa shape index (κ2) is 4.78. The van der Waals surface area contributed by atoms with Gasteiger partial charge >= 0.3 is 0 Å². The second-order valence-electron chi connectivity index (χ2n) is 3.68. The van der Waals surface area contributed by atoms with Crippen LogP contribution in [0.4, 0.5) is 10.1 Å². The number of benzene rings is 1. The van der Waals surface area contributed by atoms with Crippen LogP contribution in [0.15, 0.2) is 12.1 Å². The van der Waals surface area contributed by atoms with Crippen LogP contribution in [-0.4, -0.2) is 26.5 Å². The van der Waals surface area contributed by atoms with E-state index in [-0.39, 0.29) is 17.8 Å². The highest BCUT2D eigenvalue weighted by Crippen LogP contribution is 2.17. The molecule has 0 aliphatic heterocycles. The van der Waals surface area contributed by atoms with Crippen molar-refractivity contribution >= 4 is 11.6 Å². The largest absolute Gasteiger partial charge is 0.398 e. The van der Waals surface area contributed by atoms with Crippen molar-refractivity contribution in [2.24, 2.45) is 0 Å². The number of nitrogens with one attached hydrogen (secondary N) is 2. The number of hydrogen-bond acceptors (Lipinski definition) is 5. The molecular weight excluding hydrogens is 239 g/mol. The van der Waals surface area contributed by atoms with E-state index in [2.05, 4.69) is 25.9 Å². The molecule has 0 aliphatic rings. The zero-order valence-electron chi connectivity index (χ0n) is 9.57. The van der Waals surface area contributed by atoms with E-state index in [1.165, 1.54) is 6.07 Å². The summed E-state index contributed by atoms with van der Waals surface area (Å²) in [7, 11) is 0. The van der Waals surface area contributed by atoms with Gasteiger partial charge in [0.25, 0.3) is 5.91 Å². The fourth-order valence-electron chi connectivity index (χ4n) is 1.35. The molecule has 2 rings (SSSR count). The molecule has 4 N–H and O–H groups in total. The lowest BCUT2D eigenvalue weighted by Gasteiger charge is -2.06. The molecule has 0 aliphatic carbocycles. The monoisotopic (exact) mass is 250 g/mol. The molecule has 0 bridgehead atoms. The van der Waals surface area contributed by atoms with Gasteiger partial charge in [-0.1, -0.05) is 5.21 Å². The number of rotatable bonds is 3. The Morgan fingerprint density at radius 1 is 1.56 bits per heavy atom. The average molecular weight is 250 g/mol. The molecule has 0 unspecified atom stereocenters. The smallest absolute Gasteiger partial charge is 0.251 e. The number of H-pyrrole nitrogens is 1. The van der Waals surface area contributed by atoms with E-state index >= 15 is 0 Å². The number of aromatic nitrogens is 4. The standard InChI is InChI=1S/C10H11FN6O/c1-5-7(11)2-6(3-8(5)12)10(18)13-4-9-14-16-17-15-9/h2-3H,4,12H2,1H3,(H,13,18)(H,14,15,16,17). The zero-order chi connectivity index (χ0) is 13.1. The van der Waals surface area contributed by atoms with Gasteiger partial charge in [0.05, 0.1) is 6.54 Å². The number of amides is 1. The van der Waals surface area contributed by atoms with Crippen molar-refractivity contribution in [2.45, 2.75) is 13.5 Å². The molecular formula is C10H11FN6O. The summed E-state index contributed by atoms with van der Waals surface area (Å²) in [6, 6.07) is 2.56. The predicted molar refractivity (Wildman–Crippen MR) is 60.9 cm³/mol. The van der Waals surface area contributed by atoms with Crippen LogP contribution in [0, 0.1) is 12.7 Å². The Morgan fingerprint density at radius 2 is 2.33 bits per heavy atom. The molecule has 7 nitrogen and oxygen atoms in total. The van der Waals surface area contributed by atoms with Gasteiger partial charge in [0.1, 0.15) is 5.82 Å². The summed E-state index contributed by atoms with van der Waals surface area (Å²) >= 11 is 0. The molecule has 8 heteroatoms. The lowest BCUT2D eigenvalue weighted by Crippen LogP contribution is -2.23. The van der Waals surface area contributed by atoms with Gasteiger partial charge in [0, 0.05) is 16.8 Å². The number of anilines is 1. The molecule has 1 amide bonds. The third kappa shape index (κ3) is 2.42. The van der Waals surface area contributed by atoms with Gasteiger partial charge in [-0.3, -0.25) is 4.79 Å². The summed E-state index contributed by atoms with van der Waals surface area (Å²) in [5.41, 5.74) is 6.30. The van der Waals surface area contributed by atoms with E-state index in [9.17, 15) is 9.18 Å². The molecule has 0 atom stereocenters. The maximum atomic E-state index is 13.4. The van der Waals surface area contributed by atoms with Crippen molar-refractivity contribution in [3.63, 3.8) is 0 Å². The molecule has 94 valence electrons. The molecule has 2 aromatic rings. The van der Waals surface area contributed by atoms with Gasteiger partial charge in [-0.05, 0) is 19.1 Å². The molecule has 0 radical (unpaired) electrons. The minimum Gasteiger partial charge on any atom is -0.398 e. The van der Waals surface area contributed by atoms with Gasteiger partial charge in [0.15, 0.2) is 5.82 Å². The Hall–Kier alpha value is -2.51. The predicted octanol–water partition coefficient (Wildman–Crippen LogP) is 0.159. The molecule has 0 fully saturated rings. The summed E-state index contributed by atoms with van der Waals surface area (Å²) in [5.74, 6) is -0.631. The summed E-state index contributed by atoms with van der Waals surface area (Å²) < 4.78 is 13.4. The van der Waals surface area contributed by atoms with Crippen LogP contribution in [0.2, 0.25) is 0 Å². The van der Waals surface area contributed by atoms with E-state index in [1.54, 1.807) is 6.92 Å². The van der Waals surface area contributed by atoms with E-state index in [1.807, 2.05) is 0 Å². The summed E-state index contributed by atoms with van der Waals surface area (Å²) in [6.45, 7) is 1.65. The van der Waals surface area contributed by atoms with Gasteiger partial charge in [-0.25, -0.2) is 4.39 Å². The zero-order valence-corrected chi connectivity index (χ0v) is 9.57. The third-order valence-electron chi connectivity index (χ3n) is 2.44. The highest BCUT2D eigenvalue weighted by molar-refractivity contribution is 5.95. The number of halogens is 1. The molecule has 18 heavy (non-hydrogen) atoms. The summed E-state index contributed by atoms with van der Waals surface area (Å²) in [5, 5.41) is 15.5. The normalized spacial score (nSPS) is 10.3. The van der Waals surface area contributed by atoms with Gasteiger partial charge in [0.2, 0.25) is 0 Å². The van der Waals surface area contributed by atoms with E-state index in [0.29, 0.717) is 11.4 Å². The van der Waals surface area contributed by atoms with Crippen molar-refractivity contribution in [3.8, 4) is 0 Å². The molecule has 0 spiro atoms. The Bertz CT molecular complexity index is 545. The first-order chi connectivity index (χ1) is 8.58. The van der Waals surface area contributed by atoms with E-state index in [0.717, 1.165) is 6.07 Å². The lowest BCUT2D eigenvalue weighted by atomic mass is 10.1. The van der Waals surface area contributed by atoms with Crippen LogP contribution in [0.5, 0.6) is 0 Å². The quantitative estimate of drug-likeness (QED) is 0.672. The number of carbonyl (C=O) groups is 1. The van der Waals surface area contributed by atoms with Crippen molar-refractivity contribution in [2.75, 3.05) is 5.73 Å². The first kappa shape index (κ1) is 12.0. The van der Waals surface area contributed by atoms with Crippen LogP contribution < -0.4 is 11.1 Å². The van der Waals surface area contributed by atoms with Crippen molar-refractivity contribution < 1.29 is 9.18 Å². The topological polar surface area (TPSA) is 110 Å². The van der Waals surface area contributed by atoms with E-state index < -0.39 is 11.7 Å². The fourth-order valence-corrected chi connectivity index (χ4v) is 1.35. The number of nitrogen functional groups attached to an aromatic ring is 1. The summed E-state index contributed by atoms with van der Waals surface area (Å²) in [6.07, 6.45) is 0. The Balaban J connectivity index is 2.09. The second-order valence-corrected chi connectivity index (χ2v) is 3.68. The number of carbonyl (C=O) groups excluding carboxylic acids is 1. The van der Waals surface area contributed by atoms with Gasteiger partial charge in [-0.15, -0.1) is 10.2 Å². The number of aromatic amines is 1. The molecule has 1 aromatic carbocycles. The minimum atomic E-state index is -0.514. The first-order valence-electron chi connectivity index (χ1n) is 5.14. The van der Waals surface area contributed by atoms with Crippen molar-refractivity contribution in [1.29, 1.82) is 0 Å². The molecule has 0 saturated carbocycles. The maximum absolute atomic E-state index is 13.4. The number of nitrogens with two attached hydrogens (primary N) is 1. The van der Waals surface area contributed by atoms with Crippen molar-refractivity contribution in [1.82, 2.24) is 25.9 Å². The Labute approximate surface area is 102 Å². The van der Waals surface area contributed by atoms with Crippen LogP contribution in [0.25, 0.3) is 0 Å². The highest BCUT2D eigenvalue weighted by Gasteiger charge is 2.11. The van der Waals surface area contributed by atoms with Crippen LogP contribution in [-0.2, 0) is 6.54 Å². The molecule has 1 heterocycles. The van der Waals surface area contributed by atoms with Crippen LogP contribution >= 0.6 is 0 Å². The minimum absolute atomic E-state index is 0.102. The fraction of sp³-hybridized carbons (Fsp3) is 0.200. The first-order valence-corrected chi connectivity index (χ1v) is 5.14. The number of hydrogen-bond donors (Lipinski definition) is 3. The Kier molecular flexibility index (Phi) is 3.18. The Morgan fingerprint density at radius 3 is 2.94 bits per heavy atom. The van der Waals surface area contributed by atoms with Gasteiger partial charge < -0.3 is 11.1 Å². The summed E-state index contributed by atoms with van der Waals surface area (Å²) in [4.78, 5) is 11.7. The van der Waals surface area contributed by atoms with E-state index in [4.69, 9.17) is 5.73 Å². The SMILES string of the molecule is Cc1c(N)cc(C(=O)NCc2nn[nH]n2)cc1F. The van der Waals surface area contributed by atoms with Crippen molar-refractivity contribution in [3.05, 3.63) is 34.9 Å².